The van der Waals surface area contributed by atoms with Gasteiger partial charge < -0.3 is 20.8 Å². The van der Waals surface area contributed by atoms with Gasteiger partial charge in [0.2, 0.25) is 5.91 Å². The molecule has 1 fully saturated rings. The van der Waals surface area contributed by atoms with Crippen LogP contribution in [0.2, 0.25) is 0 Å². The molecule has 5 nitrogen and oxygen atoms in total. The fourth-order valence-corrected chi connectivity index (χ4v) is 3.73. The Morgan fingerprint density at radius 1 is 1.35 bits per heavy atom. The standard InChI is InChI=1S/C15H20N2O3/c16-13-10-3-1-2-4-11(10)15(14(13)20)5-7-17(8-6-15)12(19)9-18/h1-4,13-14,18,20H,5-9,16H2/t13-,14+/m1/s1. The Kier molecular flexibility index (Phi) is 3.28. The molecular weight excluding hydrogens is 256 g/mol. The molecule has 3 rings (SSSR count). The van der Waals surface area contributed by atoms with Crippen molar-refractivity contribution in [2.45, 2.75) is 30.4 Å². The van der Waals surface area contributed by atoms with E-state index in [9.17, 15) is 9.90 Å². The molecule has 1 aromatic carbocycles. The highest BCUT2D eigenvalue weighted by molar-refractivity contribution is 5.77. The second kappa shape index (κ2) is 4.84. The van der Waals surface area contributed by atoms with Crippen molar-refractivity contribution in [2.75, 3.05) is 19.7 Å². The molecule has 1 amide bonds. The van der Waals surface area contributed by atoms with Crippen molar-refractivity contribution in [3.63, 3.8) is 0 Å². The van der Waals surface area contributed by atoms with E-state index in [0.717, 1.165) is 11.1 Å². The summed E-state index contributed by atoms with van der Waals surface area (Å²) in [6, 6.07) is 7.56. The van der Waals surface area contributed by atoms with Crippen LogP contribution < -0.4 is 5.73 Å². The smallest absolute Gasteiger partial charge is 0.248 e. The van der Waals surface area contributed by atoms with Crippen LogP contribution in [-0.4, -0.2) is 46.8 Å². The van der Waals surface area contributed by atoms with Crippen LogP contribution in [0.3, 0.4) is 0 Å². The third-order valence-electron chi connectivity index (χ3n) is 4.91. The molecule has 0 unspecified atom stereocenters. The van der Waals surface area contributed by atoms with Crippen molar-refractivity contribution in [2.24, 2.45) is 5.73 Å². The SMILES string of the molecule is N[C@@H]1c2ccccc2C2(CCN(C(=O)CO)CC2)[C@H]1O. The van der Waals surface area contributed by atoms with E-state index < -0.39 is 12.7 Å². The lowest BCUT2D eigenvalue weighted by Crippen LogP contribution is -2.50. The first-order valence-electron chi connectivity index (χ1n) is 7.02. The predicted molar refractivity (Wildman–Crippen MR) is 74.0 cm³/mol. The second-order valence-electron chi connectivity index (χ2n) is 5.75. The first-order valence-corrected chi connectivity index (χ1v) is 7.02. The maximum atomic E-state index is 11.6. The number of amides is 1. The number of carbonyl (C=O) groups is 1. The minimum atomic E-state index is -0.605. The van der Waals surface area contributed by atoms with Gasteiger partial charge >= 0.3 is 0 Å². The molecule has 1 aliphatic heterocycles. The van der Waals surface area contributed by atoms with Gasteiger partial charge in [-0.15, -0.1) is 0 Å². The summed E-state index contributed by atoms with van der Waals surface area (Å²) >= 11 is 0. The summed E-state index contributed by atoms with van der Waals surface area (Å²) in [5.41, 5.74) is 7.94. The minimum absolute atomic E-state index is 0.245. The normalized spacial score (nSPS) is 27.6. The van der Waals surface area contributed by atoms with Crippen LogP contribution >= 0.6 is 0 Å². The van der Waals surface area contributed by atoms with Crippen LogP contribution in [0.1, 0.15) is 30.0 Å². The van der Waals surface area contributed by atoms with Crippen molar-refractivity contribution in [3.8, 4) is 0 Å². The maximum Gasteiger partial charge on any atom is 0.248 e. The molecule has 2 aliphatic rings. The molecule has 20 heavy (non-hydrogen) atoms. The quantitative estimate of drug-likeness (QED) is 0.669. The molecule has 1 saturated heterocycles. The summed E-state index contributed by atoms with van der Waals surface area (Å²) < 4.78 is 0. The molecule has 108 valence electrons. The molecule has 0 saturated carbocycles. The van der Waals surface area contributed by atoms with Gasteiger partial charge in [0.1, 0.15) is 6.61 Å². The molecule has 4 N–H and O–H groups in total. The Bertz CT molecular complexity index is 524. The van der Waals surface area contributed by atoms with Crippen LogP contribution in [0.25, 0.3) is 0 Å². The maximum absolute atomic E-state index is 11.6. The lowest BCUT2D eigenvalue weighted by atomic mass is 9.72. The molecular formula is C15H20N2O3. The molecule has 2 atom stereocenters. The number of likely N-dealkylation sites (tertiary alicyclic amines) is 1. The summed E-state index contributed by atoms with van der Waals surface area (Å²) in [6.45, 7) is 0.653. The number of carbonyl (C=O) groups excluding carboxylic acids is 1. The number of aliphatic hydroxyl groups is 2. The van der Waals surface area contributed by atoms with Gasteiger partial charge in [0.15, 0.2) is 0 Å². The van der Waals surface area contributed by atoms with Crippen molar-refractivity contribution in [1.82, 2.24) is 4.90 Å². The molecule has 1 aliphatic carbocycles. The van der Waals surface area contributed by atoms with E-state index in [-0.39, 0.29) is 17.4 Å². The van der Waals surface area contributed by atoms with Crippen molar-refractivity contribution < 1.29 is 15.0 Å². The fourth-order valence-electron chi connectivity index (χ4n) is 3.73. The lowest BCUT2D eigenvalue weighted by molar-refractivity contribution is -0.136. The van der Waals surface area contributed by atoms with E-state index in [1.807, 2.05) is 24.3 Å². The molecule has 0 aromatic heterocycles. The number of nitrogens with zero attached hydrogens (tertiary/aromatic N) is 1. The third kappa shape index (κ3) is 1.78. The third-order valence-corrected chi connectivity index (χ3v) is 4.91. The van der Waals surface area contributed by atoms with Gasteiger partial charge in [-0.1, -0.05) is 24.3 Å². The predicted octanol–water partition coefficient (Wildman–Crippen LogP) is -0.0866. The molecule has 1 heterocycles. The number of aliphatic hydroxyl groups excluding tert-OH is 2. The Morgan fingerprint density at radius 2 is 2.00 bits per heavy atom. The highest BCUT2D eigenvalue weighted by atomic mass is 16.3. The molecule has 1 aromatic rings. The zero-order valence-corrected chi connectivity index (χ0v) is 11.3. The van der Waals surface area contributed by atoms with E-state index in [4.69, 9.17) is 10.8 Å². The number of rotatable bonds is 1. The summed E-state index contributed by atoms with van der Waals surface area (Å²) in [5, 5.41) is 19.5. The van der Waals surface area contributed by atoms with E-state index in [2.05, 4.69) is 0 Å². The van der Waals surface area contributed by atoms with Gasteiger partial charge in [-0.2, -0.15) is 0 Å². The van der Waals surface area contributed by atoms with Crippen LogP contribution in [-0.2, 0) is 10.2 Å². The molecule has 5 heteroatoms. The van der Waals surface area contributed by atoms with Gasteiger partial charge in [0, 0.05) is 18.5 Å². The first kappa shape index (κ1) is 13.5. The highest BCUT2D eigenvalue weighted by Crippen LogP contribution is 2.49. The Morgan fingerprint density at radius 3 is 2.65 bits per heavy atom. The zero-order valence-electron chi connectivity index (χ0n) is 11.3. The molecule has 0 radical (unpaired) electrons. The Balaban J connectivity index is 1.89. The van der Waals surface area contributed by atoms with E-state index in [1.54, 1.807) is 4.90 Å². The number of hydrogen-bond donors (Lipinski definition) is 3. The largest absolute Gasteiger partial charge is 0.390 e. The number of hydrogen-bond acceptors (Lipinski definition) is 4. The monoisotopic (exact) mass is 276 g/mol. The van der Waals surface area contributed by atoms with Crippen molar-refractivity contribution in [3.05, 3.63) is 35.4 Å². The summed E-state index contributed by atoms with van der Waals surface area (Å²) in [5.74, 6) is -0.245. The van der Waals surface area contributed by atoms with Crippen molar-refractivity contribution >= 4 is 5.91 Å². The number of piperidine rings is 1. The van der Waals surface area contributed by atoms with Crippen molar-refractivity contribution in [1.29, 1.82) is 0 Å². The lowest BCUT2D eigenvalue weighted by Gasteiger charge is -2.42. The Labute approximate surface area is 118 Å². The van der Waals surface area contributed by atoms with Gasteiger partial charge in [0.25, 0.3) is 0 Å². The van der Waals surface area contributed by atoms with Gasteiger partial charge in [-0.25, -0.2) is 0 Å². The number of benzene rings is 1. The van der Waals surface area contributed by atoms with Gasteiger partial charge in [0.05, 0.1) is 12.1 Å². The van der Waals surface area contributed by atoms with Crippen LogP contribution in [0.4, 0.5) is 0 Å². The fraction of sp³-hybridized carbons (Fsp3) is 0.533. The summed E-state index contributed by atoms with van der Waals surface area (Å²) in [4.78, 5) is 13.2. The van der Waals surface area contributed by atoms with E-state index in [0.29, 0.717) is 25.9 Å². The molecule has 1 spiro atoms. The van der Waals surface area contributed by atoms with Crippen LogP contribution in [0.5, 0.6) is 0 Å². The minimum Gasteiger partial charge on any atom is -0.390 e. The second-order valence-corrected chi connectivity index (χ2v) is 5.75. The van der Waals surface area contributed by atoms with Crippen LogP contribution in [0.15, 0.2) is 24.3 Å². The number of nitrogens with two attached hydrogens (primary N) is 1. The number of fused-ring (bicyclic) bond motifs is 2. The Hall–Kier alpha value is -1.43. The van der Waals surface area contributed by atoms with E-state index >= 15 is 0 Å². The first-order chi connectivity index (χ1) is 9.60. The molecule has 0 bridgehead atoms. The average Bonchev–Trinajstić information content (AvgIpc) is 2.71. The van der Waals surface area contributed by atoms with E-state index in [1.165, 1.54) is 0 Å². The summed E-state index contributed by atoms with van der Waals surface area (Å²) in [6.07, 6.45) is 0.765. The topological polar surface area (TPSA) is 86.8 Å². The average molecular weight is 276 g/mol. The highest BCUT2D eigenvalue weighted by Gasteiger charge is 2.51. The van der Waals surface area contributed by atoms with Crippen LogP contribution in [0, 0.1) is 0 Å². The zero-order chi connectivity index (χ0) is 14.3. The summed E-state index contributed by atoms with van der Waals surface area (Å²) in [7, 11) is 0. The van der Waals surface area contributed by atoms with Gasteiger partial charge in [-0.05, 0) is 24.0 Å². The van der Waals surface area contributed by atoms with Gasteiger partial charge in [-0.3, -0.25) is 4.79 Å².